The van der Waals surface area contributed by atoms with Crippen molar-refractivity contribution in [1.82, 2.24) is 15.2 Å². The lowest BCUT2D eigenvalue weighted by atomic mass is 10.0. The molecule has 0 saturated heterocycles. The van der Waals surface area contributed by atoms with Crippen LogP contribution in [0.3, 0.4) is 0 Å². The van der Waals surface area contributed by atoms with Gasteiger partial charge in [0.1, 0.15) is 17.6 Å². The highest BCUT2D eigenvalue weighted by Crippen LogP contribution is 2.26. The number of anilines is 1. The predicted octanol–water partition coefficient (Wildman–Crippen LogP) is 3.08. The van der Waals surface area contributed by atoms with Crippen LogP contribution in [0.25, 0.3) is 0 Å². The van der Waals surface area contributed by atoms with Crippen LogP contribution in [0.4, 0.5) is 5.82 Å². The summed E-state index contributed by atoms with van der Waals surface area (Å²) in [6, 6.07) is 11.6. The molecule has 9 nitrogen and oxygen atoms in total. The van der Waals surface area contributed by atoms with E-state index in [1.54, 1.807) is 62.9 Å². The van der Waals surface area contributed by atoms with Crippen LogP contribution in [0.2, 0.25) is 0 Å². The molecule has 3 amide bonds. The molecule has 188 valence electrons. The number of rotatable bonds is 12. The molecule has 1 atom stereocenters. The van der Waals surface area contributed by atoms with Gasteiger partial charge in [0, 0.05) is 38.7 Å². The molecule has 3 rings (SSSR count). The number of nitrogens with zero attached hydrogens (tertiary/aromatic N) is 2. The maximum Gasteiger partial charge on any atom is 0.247 e. The molecule has 9 heteroatoms. The standard InChI is InChI=1S/C26H34N4O5/c1-34-18-17-30(24(32)15-14-23(31)29-22-9-5-6-16-27-22)25(19-10-12-21(35-2)13-11-19)26(33)28-20-7-3-4-8-20/h5-6,9-13,16,20,25H,3-4,7-8,14-15,17-18H2,1-2H3,(H,28,33)(H,27,29,31)/t25-/m0/s1. The van der Waals surface area contributed by atoms with Gasteiger partial charge in [-0.25, -0.2) is 4.98 Å². The van der Waals surface area contributed by atoms with E-state index in [0.29, 0.717) is 17.1 Å². The van der Waals surface area contributed by atoms with Gasteiger partial charge in [0.2, 0.25) is 17.7 Å². The molecule has 0 radical (unpaired) electrons. The molecule has 1 fully saturated rings. The van der Waals surface area contributed by atoms with Gasteiger partial charge in [-0.1, -0.05) is 31.0 Å². The van der Waals surface area contributed by atoms with Gasteiger partial charge in [-0.2, -0.15) is 0 Å². The van der Waals surface area contributed by atoms with E-state index in [-0.39, 0.29) is 49.8 Å². The second-order valence-electron chi connectivity index (χ2n) is 8.51. The highest BCUT2D eigenvalue weighted by Gasteiger charge is 2.33. The minimum Gasteiger partial charge on any atom is -0.497 e. The van der Waals surface area contributed by atoms with Crippen molar-refractivity contribution >= 4 is 23.5 Å². The lowest BCUT2D eigenvalue weighted by Gasteiger charge is -2.32. The van der Waals surface area contributed by atoms with Crippen LogP contribution in [-0.4, -0.2) is 61.0 Å². The van der Waals surface area contributed by atoms with Crippen LogP contribution >= 0.6 is 0 Å². The number of hydrogen-bond acceptors (Lipinski definition) is 6. The van der Waals surface area contributed by atoms with Gasteiger partial charge in [0.15, 0.2) is 0 Å². The summed E-state index contributed by atoms with van der Waals surface area (Å²) >= 11 is 0. The van der Waals surface area contributed by atoms with E-state index in [2.05, 4.69) is 15.6 Å². The van der Waals surface area contributed by atoms with Crippen molar-refractivity contribution < 1.29 is 23.9 Å². The maximum atomic E-state index is 13.5. The van der Waals surface area contributed by atoms with Crippen LogP contribution in [0, 0.1) is 0 Å². The third kappa shape index (κ3) is 7.78. The molecule has 2 aromatic rings. The topological polar surface area (TPSA) is 110 Å². The fourth-order valence-corrected chi connectivity index (χ4v) is 4.20. The zero-order valence-electron chi connectivity index (χ0n) is 20.4. The highest BCUT2D eigenvalue weighted by atomic mass is 16.5. The van der Waals surface area contributed by atoms with E-state index in [1.165, 1.54) is 4.90 Å². The van der Waals surface area contributed by atoms with Gasteiger partial charge < -0.3 is 25.0 Å². The number of aromatic nitrogens is 1. The molecular formula is C26H34N4O5. The Morgan fingerprint density at radius 1 is 1.06 bits per heavy atom. The number of carbonyl (C=O) groups is 3. The summed E-state index contributed by atoms with van der Waals surface area (Å²) < 4.78 is 10.5. The molecule has 2 N–H and O–H groups in total. The molecule has 1 aliphatic carbocycles. The molecule has 0 unspecified atom stereocenters. The fraction of sp³-hybridized carbons (Fsp3) is 0.462. The second kappa shape index (κ2) is 13.4. The number of hydrogen-bond donors (Lipinski definition) is 2. The summed E-state index contributed by atoms with van der Waals surface area (Å²) in [6.07, 6.45) is 5.52. The molecule has 0 spiro atoms. The second-order valence-corrected chi connectivity index (χ2v) is 8.51. The van der Waals surface area contributed by atoms with Crippen molar-refractivity contribution in [3.05, 3.63) is 54.2 Å². The lowest BCUT2D eigenvalue weighted by Crippen LogP contribution is -2.47. The van der Waals surface area contributed by atoms with Gasteiger partial charge in [0.05, 0.1) is 13.7 Å². The maximum absolute atomic E-state index is 13.5. The molecule has 0 bridgehead atoms. The number of carbonyl (C=O) groups excluding carboxylic acids is 3. The predicted molar refractivity (Wildman–Crippen MR) is 132 cm³/mol. The van der Waals surface area contributed by atoms with E-state index in [4.69, 9.17) is 9.47 Å². The highest BCUT2D eigenvalue weighted by molar-refractivity contribution is 5.94. The largest absolute Gasteiger partial charge is 0.497 e. The summed E-state index contributed by atoms with van der Waals surface area (Å²) in [5.74, 6) is 0.225. The summed E-state index contributed by atoms with van der Waals surface area (Å²) in [5.41, 5.74) is 0.670. The van der Waals surface area contributed by atoms with Gasteiger partial charge in [0.25, 0.3) is 0 Å². The average Bonchev–Trinajstić information content (AvgIpc) is 3.38. The number of methoxy groups -OCH3 is 2. The Kier molecular flexibility index (Phi) is 10.0. The first-order valence-corrected chi connectivity index (χ1v) is 12.0. The number of amides is 3. The molecular weight excluding hydrogens is 448 g/mol. The third-order valence-corrected chi connectivity index (χ3v) is 6.05. The number of ether oxygens (including phenoxy) is 2. The van der Waals surface area contributed by atoms with Crippen molar-refractivity contribution in [2.24, 2.45) is 0 Å². The summed E-state index contributed by atoms with van der Waals surface area (Å²) in [7, 11) is 3.12. The van der Waals surface area contributed by atoms with Gasteiger partial charge in [-0.3, -0.25) is 14.4 Å². The monoisotopic (exact) mass is 482 g/mol. The molecule has 0 aliphatic heterocycles. The summed E-state index contributed by atoms with van der Waals surface area (Å²) in [5, 5.41) is 5.81. The zero-order valence-corrected chi connectivity index (χ0v) is 20.4. The number of nitrogens with one attached hydrogen (secondary N) is 2. The smallest absolute Gasteiger partial charge is 0.247 e. The normalized spacial score (nSPS) is 14.2. The quantitative estimate of drug-likeness (QED) is 0.481. The molecule has 1 aromatic carbocycles. The number of pyridine rings is 1. The van der Waals surface area contributed by atoms with E-state index in [9.17, 15) is 14.4 Å². The first-order valence-electron chi connectivity index (χ1n) is 12.0. The summed E-state index contributed by atoms with van der Waals surface area (Å²) in [4.78, 5) is 44.8. The average molecular weight is 483 g/mol. The van der Waals surface area contributed by atoms with Crippen molar-refractivity contribution in [3.63, 3.8) is 0 Å². The van der Waals surface area contributed by atoms with E-state index in [0.717, 1.165) is 25.7 Å². The first-order chi connectivity index (χ1) is 17.0. The van der Waals surface area contributed by atoms with Crippen molar-refractivity contribution in [3.8, 4) is 5.75 Å². The van der Waals surface area contributed by atoms with Crippen molar-refractivity contribution in [2.75, 3.05) is 32.7 Å². The SMILES string of the molecule is COCCN(C(=O)CCC(=O)Nc1ccccn1)[C@H](C(=O)NC1CCCC1)c1ccc(OC)cc1. The fourth-order valence-electron chi connectivity index (χ4n) is 4.20. The van der Waals surface area contributed by atoms with E-state index in [1.807, 2.05) is 0 Å². The van der Waals surface area contributed by atoms with Gasteiger partial charge >= 0.3 is 0 Å². The van der Waals surface area contributed by atoms with E-state index >= 15 is 0 Å². The molecule has 35 heavy (non-hydrogen) atoms. The van der Waals surface area contributed by atoms with Crippen LogP contribution < -0.4 is 15.4 Å². The Morgan fingerprint density at radius 2 is 1.80 bits per heavy atom. The molecule has 1 aromatic heterocycles. The van der Waals surface area contributed by atoms with E-state index < -0.39 is 6.04 Å². The first kappa shape index (κ1) is 26.2. The van der Waals surface area contributed by atoms with Crippen molar-refractivity contribution in [2.45, 2.75) is 50.6 Å². The Labute approximate surface area is 206 Å². The Bertz CT molecular complexity index is 961. The van der Waals surface area contributed by atoms with Gasteiger partial charge in [-0.15, -0.1) is 0 Å². The lowest BCUT2D eigenvalue weighted by molar-refractivity contribution is -0.142. The minimum atomic E-state index is -0.844. The van der Waals surface area contributed by atoms with Crippen LogP contribution in [0.15, 0.2) is 48.7 Å². The number of benzene rings is 1. The minimum absolute atomic E-state index is 0.0293. The van der Waals surface area contributed by atoms with Crippen LogP contribution in [0.1, 0.15) is 50.1 Å². The van der Waals surface area contributed by atoms with Crippen LogP contribution in [-0.2, 0) is 19.1 Å². The van der Waals surface area contributed by atoms with Crippen LogP contribution in [0.5, 0.6) is 5.75 Å². The van der Waals surface area contributed by atoms with Gasteiger partial charge in [-0.05, 0) is 42.7 Å². The Hall–Kier alpha value is -3.46. The molecule has 1 saturated carbocycles. The molecule has 1 aliphatic rings. The molecule has 1 heterocycles. The Balaban J connectivity index is 1.77. The van der Waals surface area contributed by atoms with Crippen molar-refractivity contribution in [1.29, 1.82) is 0 Å². The third-order valence-electron chi connectivity index (χ3n) is 6.05. The zero-order chi connectivity index (χ0) is 25.0. The summed E-state index contributed by atoms with van der Waals surface area (Å²) in [6.45, 7) is 0.473. The Morgan fingerprint density at radius 3 is 2.43 bits per heavy atom.